The predicted molar refractivity (Wildman–Crippen MR) is 126 cm³/mol. The second-order valence-corrected chi connectivity index (χ2v) is 8.60. The summed E-state index contributed by atoms with van der Waals surface area (Å²) in [6.07, 6.45) is 0.589. The van der Waals surface area contributed by atoms with Crippen LogP contribution in [0.1, 0.15) is 59.0 Å². The maximum absolute atomic E-state index is 12.3. The van der Waals surface area contributed by atoms with Gasteiger partial charge in [-0.25, -0.2) is 19.6 Å². The van der Waals surface area contributed by atoms with Crippen LogP contribution in [0.4, 0.5) is 0 Å². The van der Waals surface area contributed by atoms with Crippen molar-refractivity contribution in [3.05, 3.63) is 35.2 Å². The number of nitrogens with zero attached hydrogens (tertiary/aromatic N) is 2. The van der Waals surface area contributed by atoms with Crippen molar-refractivity contribution in [1.29, 1.82) is 0 Å². The summed E-state index contributed by atoms with van der Waals surface area (Å²) < 4.78 is 21.6. The molecule has 0 atom stereocenters. The number of rotatable bonds is 9. The van der Waals surface area contributed by atoms with Crippen molar-refractivity contribution >= 4 is 40.0 Å². The molecular formula is C25H28N2O7. The zero-order valence-electron chi connectivity index (χ0n) is 20.1. The molecule has 180 valence electrons. The number of aldehydes is 1. The predicted octanol–water partition coefficient (Wildman–Crippen LogP) is 4.24. The van der Waals surface area contributed by atoms with Gasteiger partial charge in [-0.3, -0.25) is 4.79 Å². The highest BCUT2D eigenvalue weighted by Gasteiger charge is 2.22. The molecular weight excluding hydrogens is 440 g/mol. The monoisotopic (exact) mass is 468 g/mol. The van der Waals surface area contributed by atoms with Gasteiger partial charge in [0.05, 0.1) is 44.0 Å². The molecule has 3 aromatic rings. The largest absolute Gasteiger partial charge is 0.493 e. The van der Waals surface area contributed by atoms with E-state index in [2.05, 4.69) is 9.97 Å². The number of fused-ring (bicyclic) bond motifs is 2. The summed E-state index contributed by atoms with van der Waals surface area (Å²) in [4.78, 5) is 45.6. The summed E-state index contributed by atoms with van der Waals surface area (Å²) in [5, 5.41) is 1.01. The Morgan fingerprint density at radius 2 is 1.21 bits per heavy atom. The van der Waals surface area contributed by atoms with Crippen LogP contribution < -0.4 is 9.47 Å². The number of ether oxygens (including phenoxy) is 4. The third kappa shape index (κ3) is 5.08. The molecule has 1 aromatic carbocycles. The molecule has 0 fully saturated rings. The van der Waals surface area contributed by atoms with Crippen molar-refractivity contribution in [2.45, 2.75) is 27.7 Å². The van der Waals surface area contributed by atoms with Gasteiger partial charge in [-0.05, 0) is 17.9 Å². The molecule has 0 radical (unpaired) electrons. The van der Waals surface area contributed by atoms with Gasteiger partial charge in [0.1, 0.15) is 11.5 Å². The van der Waals surface area contributed by atoms with Gasteiger partial charge < -0.3 is 18.9 Å². The van der Waals surface area contributed by atoms with Crippen LogP contribution in [-0.4, -0.2) is 55.6 Å². The van der Waals surface area contributed by atoms with Crippen LogP contribution in [0.2, 0.25) is 0 Å². The molecule has 9 heteroatoms. The molecule has 0 amide bonds. The van der Waals surface area contributed by atoms with E-state index in [4.69, 9.17) is 18.9 Å². The highest BCUT2D eigenvalue weighted by molar-refractivity contribution is 6.13. The second-order valence-electron chi connectivity index (χ2n) is 8.60. The van der Waals surface area contributed by atoms with Crippen LogP contribution in [0, 0.1) is 11.8 Å². The lowest BCUT2D eigenvalue weighted by molar-refractivity contribution is 0.0585. The lowest BCUT2D eigenvalue weighted by atomic mass is 10.0. The summed E-state index contributed by atoms with van der Waals surface area (Å²) >= 11 is 0. The topological polar surface area (TPSA) is 114 Å². The fourth-order valence-electron chi connectivity index (χ4n) is 3.29. The maximum atomic E-state index is 12.3. The Morgan fingerprint density at radius 1 is 0.794 bits per heavy atom. The highest BCUT2D eigenvalue weighted by Crippen LogP contribution is 2.37. The van der Waals surface area contributed by atoms with Crippen molar-refractivity contribution in [2.24, 2.45) is 11.8 Å². The lowest BCUT2D eigenvalue weighted by Crippen LogP contribution is -2.11. The number of methoxy groups -OCH3 is 2. The molecule has 0 unspecified atom stereocenters. The lowest BCUT2D eigenvalue weighted by Gasteiger charge is -2.17. The molecule has 2 aromatic heterocycles. The minimum Gasteiger partial charge on any atom is -0.493 e. The van der Waals surface area contributed by atoms with Crippen LogP contribution in [-0.2, 0) is 9.47 Å². The van der Waals surface area contributed by atoms with E-state index < -0.39 is 11.9 Å². The number of carbonyl (C=O) groups is 3. The minimum absolute atomic E-state index is 0.0170. The van der Waals surface area contributed by atoms with Gasteiger partial charge in [-0.1, -0.05) is 27.7 Å². The van der Waals surface area contributed by atoms with E-state index in [1.165, 1.54) is 26.4 Å². The first-order chi connectivity index (χ1) is 16.2. The molecule has 34 heavy (non-hydrogen) atoms. The molecule has 0 bridgehead atoms. The van der Waals surface area contributed by atoms with Crippen molar-refractivity contribution in [2.75, 3.05) is 27.4 Å². The fraction of sp³-hybridized carbons (Fsp3) is 0.400. The first-order valence-electron chi connectivity index (χ1n) is 10.9. The number of hydrogen-bond acceptors (Lipinski definition) is 9. The van der Waals surface area contributed by atoms with E-state index >= 15 is 0 Å². The molecule has 0 spiro atoms. The number of pyridine rings is 2. The SMILES string of the molecule is COC(=O)c1cc(OCC(C)C)c2cc3c(OCC(C)C)cc(C(=O)OC)nc3c(C=O)c2n1. The van der Waals surface area contributed by atoms with Crippen LogP contribution in [0.25, 0.3) is 21.8 Å². The third-order valence-corrected chi connectivity index (χ3v) is 4.89. The molecule has 0 N–H and O–H groups in total. The summed E-state index contributed by atoms with van der Waals surface area (Å²) in [7, 11) is 2.48. The van der Waals surface area contributed by atoms with Gasteiger partial charge in [0, 0.05) is 22.9 Å². The van der Waals surface area contributed by atoms with Gasteiger partial charge in [-0.2, -0.15) is 0 Å². The molecule has 9 nitrogen and oxygen atoms in total. The number of benzene rings is 1. The summed E-state index contributed by atoms with van der Waals surface area (Å²) in [6.45, 7) is 8.73. The fourth-order valence-corrected chi connectivity index (χ4v) is 3.29. The minimum atomic E-state index is -0.675. The molecule has 3 rings (SSSR count). The van der Waals surface area contributed by atoms with Crippen LogP contribution in [0.3, 0.4) is 0 Å². The maximum Gasteiger partial charge on any atom is 0.356 e. The van der Waals surface area contributed by atoms with Gasteiger partial charge in [-0.15, -0.1) is 0 Å². The Balaban J connectivity index is 2.42. The van der Waals surface area contributed by atoms with Gasteiger partial charge in [0.25, 0.3) is 0 Å². The summed E-state index contributed by atoms with van der Waals surface area (Å²) in [5.74, 6) is -0.183. The smallest absolute Gasteiger partial charge is 0.356 e. The van der Waals surface area contributed by atoms with Gasteiger partial charge in [0.2, 0.25) is 0 Å². The summed E-state index contributed by atoms with van der Waals surface area (Å²) in [6, 6.07) is 4.72. The van der Waals surface area contributed by atoms with Crippen LogP contribution in [0.5, 0.6) is 11.5 Å². The Hall–Kier alpha value is -3.75. The van der Waals surface area contributed by atoms with E-state index in [9.17, 15) is 14.4 Å². The van der Waals surface area contributed by atoms with E-state index in [0.717, 1.165) is 0 Å². The molecule has 0 aliphatic carbocycles. The average molecular weight is 469 g/mol. The average Bonchev–Trinajstić information content (AvgIpc) is 2.82. The first-order valence-corrected chi connectivity index (χ1v) is 10.9. The number of hydrogen-bond donors (Lipinski definition) is 0. The van der Waals surface area contributed by atoms with Crippen LogP contribution >= 0.6 is 0 Å². The number of carbonyl (C=O) groups excluding carboxylic acids is 3. The molecule has 2 heterocycles. The molecule has 0 saturated carbocycles. The van der Waals surface area contributed by atoms with E-state index in [0.29, 0.717) is 41.8 Å². The van der Waals surface area contributed by atoms with E-state index in [-0.39, 0.29) is 39.8 Å². The van der Waals surface area contributed by atoms with Crippen molar-refractivity contribution in [3.63, 3.8) is 0 Å². The highest BCUT2D eigenvalue weighted by atomic mass is 16.5. The molecule has 0 aliphatic heterocycles. The third-order valence-electron chi connectivity index (χ3n) is 4.89. The van der Waals surface area contributed by atoms with Crippen LogP contribution in [0.15, 0.2) is 18.2 Å². The number of aromatic nitrogens is 2. The van der Waals surface area contributed by atoms with Crippen molar-refractivity contribution in [1.82, 2.24) is 9.97 Å². The van der Waals surface area contributed by atoms with E-state index in [1.54, 1.807) is 6.07 Å². The van der Waals surface area contributed by atoms with Gasteiger partial charge >= 0.3 is 11.9 Å². The Labute approximate surface area is 197 Å². The number of esters is 2. The standard InChI is InChI=1S/C25H28N2O7/c1-13(2)11-33-20-8-18(24(29)31-5)26-22-15(20)7-16-21(34-12-14(3)4)9-19(25(30)32-6)27-23(16)17(22)10-28/h7-10,13-14H,11-12H2,1-6H3. The molecule has 0 aliphatic rings. The quantitative estimate of drug-likeness (QED) is 0.258. The van der Waals surface area contributed by atoms with Crippen molar-refractivity contribution < 1.29 is 33.3 Å². The Bertz CT molecular complexity index is 1160. The van der Waals surface area contributed by atoms with E-state index in [1.807, 2.05) is 27.7 Å². The second kappa shape index (κ2) is 10.5. The Kier molecular flexibility index (Phi) is 7.65. The van der Waals surface area contributed by atoms with Gasteiger partial charge in [0.15, 0.2) is 17.7 Å². The zero-order valence-corrected chi connectivity index (χ0v) is 20.1. The Morgan fingerprint density at radius 3 is 1.53 bits per heavy atom. The molecule has 0 saturated heterocycles. The first kappa shape index (κ1) is 24.9. The zero-order chi connectivity index (χ0) is 25.0. The van der Waals surface area contributed by atoms with Crippen molar-refractivity contribution in [3.8, 4) is 11.5 Å². The normalized spacial score (nSPS) is 11.2. The summed E-state index contributed by atoms with van der Waals surface area (Å²) in [5.41, 5.74) is 0.461.